The van der Waals surface area contributed by atoms with Crippen molar-refractivity contribution in [2.75, 3.05) is 0 Å². The first-order valence-electron chi connectivity index (χ1n) is 6.44. The molecule has 0 aromatic rings. The van der Waals surface area contributed by atoms with Gasteiger partial charge in [0.25, 0.3) is 0 Å². The Bertz CT molecular complexity index is 235. The van der Waals surface area contributed by atoms with Gasteiger partial charge >= 0.3 is 0 Å². The minimum Gasteiger partial charge on any atom is -0.392 e. The zero-order chi connectivity index (χ0) is 10.8. The van der Waals surface area contributed by atoms with Crippen LogP contribution in [0.3, 0.4) is 0 Å². The molecule has 0 aliphatic heterocycles. The smallest absolute Gasteiger partial charge is 0.138 e. The third-order valence-electron chi connectivity index (χ3n) is 4.32. The van der Waals surface area contributed by atoms with Crippen LogP contribution in [0.4, 0.5) is 0 Å². The summed E-state index contributed by atoms with van der Waals surface area (Å²) in [6.07, 6.45) is 7.38. The average molecular weight is 210 g/mol. The number of ketones is 1. The highest BCUT2D eigenvalue weighted by Gasteiger charge is 2.46. The Balaban J connectivity index is 1.92. The van der Waals surface area contributed by atoms with Crippen LogP contribution < -0.4 is 0 Å². The number of unbranched alkanes of at least 4 members (excludes halogenated alkanes) is 2. The van der Waals surface area contributed by atoms with E-state index in [1.807, 2.05) is 0 Å². The molecule has 15 heavy (non-hydrogen) atoms. The quantitative estimate of drug-likeness (QED) is 0.724. The van der Waals surface area contributed by atoms with E-state index >= 15 is 0 Å². The Labute approximate surface area is 92.1 Å². The van der Waals surface area contributed by atoms with Crippen LogP contribution in [-0.2, 0) is 4.79 Å². The van der Waals surface area contributed by atoms with Gasteiger partial charge in [-0.1, -0.05) is 26.2 Å². The van der Waals surface area contributed by atoms with Gasteiger partial charge in [0.05, 0.1) is 6.10 Å². The third-order valence-corrected chi connectivity index (χ3v) is 4.32. The number of rotatable bonds is 4. The van der Waals surface area contributed by atoms with Gasteiger partial charge in [0.15, 0.2) is 0 Å². The van der Waals surface area contributed by atoms with Crippen molar-refractivity contribution in [1.82, 2.24) is 0 Å². The fourth-order valence-electron chi connectivity index (χ4n) is 3.41. The van der Waals surface area contributed by atoms with Crippen molar-refractivity contribution in [2.45, 2.75) is 58.0 Å². The lowest BCUT2D eigenvalue weighted by Gasteiger charge is -2.45. The van der Waals surface area contributed by atoms with Crippen LogP contribution in [0, 0.1) is 17.8 Å². The van der Waals surface area contributed by atoms with Gasteiger partial charge in [-0.15, -0.1) is 0 Å². The molecule has 0 radical (unpaired) electrons. The molecular formula is C13H22O2. The number of aliphatic hydroxyl groups excluding tert-OH is 1. The summed E-state index contributed by atoms with van der Waals surface area (Å²) in [4.78, 5) is 11.6. The van der Waals surface area contributed by atoms with Gasteiger partial charge in [0, 0.05) is 12.3 Å². The number of carbonyl (C=O) groups excluding carboxylic acids is 1. The minimum absolute atomic E-state index is 0.0124. The molecule has 0 aromatic carbocycles. The number of Topliss-reactive ketones (excluding diaryl/α,β-unsaturated/α-hetero) is 1. The standard InChI is InChI=1S/C13H22O2/c1-2-3-4-5-10-9-6-7-11(13(10)15)12(14)8-9/h9-11,13,15H,2-8H2,1H3/t9-,10-,11+,13-/m1/s1. The monoisotopic (exact) mass is 210 g/mol. The van der Waals surface area contributed by atoms with E-state index in [1.54, 1.807) is 0 Å². The number of hydrogen-bond donors (Lipinski definition) is 1. The van der Waals surface area contributed by atoms with Crippen molar-refractivity contribution >= 4 is 5.78 Å². The first kappa shape index (κ1) is 11.1. The largest absolute Gasteiger partial charge is 0.392 e. The van der Waals surface area contributed by atoms with Crippen LogP contribution in [0.15, 0.2) is 0 Å². The van der Waals surface area contributed by atoms with E-state index < -0.39 is 0 Å². The summed E-state index contributed by atoms with van der Waals surface area (Å²) < 4.78 is 0. The van der Waals surface area contributed by atoms with E-state index in [1.165, 1.54) is 25.7 Å². The molecule has 0 heterocycles. The van der Waals surface area contributed by atoms with Crippen molar-refractivity contribution in [3.05, 3.63) is 0 Å². The third kappa shape index (κ3) is 2.10. The summed E-state index contributed by atoms with van der Waals surface area (Å²) in [6, 6.07) is 0. The normalized spacial score (nSPS) is 39.7. The Morgan fingerprint density at radius 2 is 2.13 bits per heavy atom. The summed E-state index contributed by atoms with van der Waals surface area (Å²) in [5.41, 5.74) is 0. The molecule has 0 amide bonds. The molecule has 2 bridgehead atoms. The maximum atomic E-state index is 11.6. The maximum absolute atomic E-state index is 11.6. The zero-order valence-corrected chi connectivity index (χ0v) is 9.61. The molecule has 2 heteroatoms. The molecule has 3 aliphatic rings. The van der Waals surface area contributed by atoms with E-state index in [0.717, 1.165) is 19.3 Å². The molecule has 0 spiro atoms. The molecule has 2 nitrogen and oxygen atoms in total. The fourth-order valence-corrected chi connectivity index (χ4v) is 3.41. The molecular weight excluding hydrogens is 188 g/mol. The van der Waals surface area contributed by atoms with Gasteiger partial charge in [-0.25, -0.2) is 0 Å². The van der Waals surface area contributed by atoms with Crippen LogP contribution in [0.5, 0.6) is 0 Å². The van der Waals surface area contributed by atoms with Crippen LogP contribution in [-0.4, -0.2) is 17.0 Å². The molecule has 3 rings (SSSR count). The van der Waals surface area contributed by atoms with E-state index in [-0.39, 0.29) is 12.0 Å². The lowest BCUT2D eigenvalue weighted by molar-refractivity contribution is -0.143. The molecule has 86 valence electrons. The highest BCUT2D eigenvalue weighted by Crippen LogP contribution is 2.45. The molecule has 0 saturated heterocycles. The minimum atomic E-state index is -0.318. The summed E-state index contributed by atoms with van der Waals surface area (Å²) in [6.45, 7) is 2.20. The van der Waals surface area contributed by atoms with Crippen LogP contribution in [0.25, 0.3) is 0 Å². The zero-order valence-electron chi connectivity index (χ0n) is 9.61. The lowest BCUT2D eigenvalue weighted by Crippen LogP contribution is -2.48. The van der Waals surface area contributed by atoms with Gasteiger partial charge in [-0.2, -0.15) is 0 Å². The molecule has 3 aliphatic carbocycles. The second-order valence-electron chi connectivity index (χ2n) is 5.26. The average Bonchev–Trinajstić information content (AvgIpc) is 2.22. The number of carbonyl (C=O) groups is 1. The summed E-state index contributed by atoms with van der Waals surface area (Å²) in [7, 11) is 0. The van der Waals surface area contributed by atoms with Crippen LogP contribution >= 0.6 is 0 Å². The fraction of sp³-hybridized carbons (Fsp3) is 0.923. The Morgan fingerprint density at radius 1 is 1.33 bits per heavy atom. The van der Waals surface area contributed by atoms with E-state index in [4.69, 9.17) is 0 Å². The van der Waals surface area contributed by atoms with Crippen LogP contribution in [0.2, 0.25) is 0 Å². The van der Waals surface area contributed by atoms with Crippen molar-refractivity contribution < 1.29 is 9.90 Å². The SMILES string of the molecule is CCCCC[C@@H]1[C@@H]2CC[C@@H](C(=O)C2)[C@@H]1O. The number of fused-ring (bicyclic) bond motifs is 3. The predicted molar refractivity (Wildman–Crippen MR) is 59.5 cm³/mol. The molecule has 1 N–H and O–H groups in total. The highest BCUT2D eigenvalue weighted by molar-refractivity contribution is 5.83. The van der Waals surface area contributed by atoms with Gasteiger partial charge in [-0.3, -0.25) is 4.79 Å². The maximum Gasteiger partial charge on any atom is 0.138 e. The van der Waals surface area contributed by atoms with Crippen molar-refractivity contribution in [1.29, 1.82) is 0 Å². The molecule has 0 unspecified atom stereocenters. The van der Waals surface area contributed by atoms with Gasteiger partial charge < -0.3 is 5.11 Å². The molecule has 3 saturated carbocycles. The second kappa shape index (κ2) is 4.65. The van der Waals surface area contributed by atoms with Crippen molar-refractivity contribution in [3.63, 3.8) is 0 Å². The van der Waals surface area contributed by atoms with Gasteiger partial charge in [0.2, 0.25) is 0 Å². The Kier molecular flexibility index (Phi) is 3.45. The summed E-state index contributed by atoms with van der Waals surface area (Å²) in [5.74, 6) is 1.23. The first-order valence-corrected chi connectivity index (χ1v) is 6.44. The topological polar surface area (TPSA) is 37.3 Å². The van der Waals surface area contributed by atoms with Gasteiger partial charge in [0.1, 0.15) is 5.78 Å². The predicted octanol–water partition coefficient (Wildman–Crippen LogP) is 2.54. The molecule has 3 fully saturated rings. The second-order valence-corrected chi connectivity index (χ2v) is 5.26. The van der Waals surface area contributed by atoms with Crippen molar-refractivity contribution in [2.24, 2.45) is 17.8 Å². The summed E-state index contributed by atoms with van der Waals surface area (Å²) in [5, 5.41) is 10.1. The van der Waals surface area contributed by atoms with E-state index in [9.17, 15) is 9.90 Å². The molecule has 4 atom stereocenters. The van der Waals surface area contributed by atoms with E-state index in [0.29, 0.717) is 17.6 Å². The highest BCUT2D eigenvalue weighted by atomic mass is 16.3. The summed E-state index contributed by atoms with van der Waals surface area (Å²) >= 11 is 0. The molecule has 0 aromatic heterocycles. The van der Waals surface area contributed by atoms with Crippen LogP contribution in [0.1, 0.15) is 51.9 Å². The number of hydrogen-bond acceptors (Lipinski definition) is 2. The Hall–Kier alpha value is -0.370. The van der Waals surface area contributed by atoms with E-state index in [2.05, 4.69) is 6.92 Å². The van der Waals surface area contributed by atoms with Crippen molar-refractivity contribution in [3.8, 4) is 0 Å². The lowest BCUT2D eigenvalue weighted by atomic mass is 9.61. The number of aliphatic hydroxyl groups is 1. The van der Waals surface area contributed by atoms with Gasteiger partial charge in [-0.05, 0) is 31.1 Å². The first-order chi connectivity index (χ1) is 7.24. The Morgan fingerprint density at radius 3 is 2.73 bits per heavy atom.